The molecule has 3 aromatic rings. The zero-order valence-corrected chi connectivity index (χ0v) is 18.6. The molecule has 2 N–H and O–H groups in total. The first kappa shape index (κ1) is 22.5. The molecule has 0 aliphatic heterocycles. The van der Waals surface area contributed by atoms with E-state index in [1.165, 1.54) is 43.1 Å². The van der Waals surface area contributed by atoms with Crippen LogP contribution in [0.25, 0.3) is 0 Å². The molecule has 3 rings (SSSR count). The number of hydrogen-bond donors (Lipinski definition) is 2. The number of thioether (sulfide) groups is 1. The van der Waals surface area contributed by atoms with Gasteiger partial charge in [0.1, 0.15) is 11.5 Å². The molecule has 0 fully saturated rings. The molecule has 0 saturated heterocycles. The standard InChI is InChI=1S/C22H22N2O5S2/c1-28-17-9-7-16(8-10-17)24-31(26,27)19-13-11-18(12-14-19)29-15-22(25)23-20-5-3-4-6-21(20)30-2/h3-14,24H,15H2,1-2H3,(H,23,25). The van der Waals surface area contributed by atoms with Gasteiger partial charge in [0.05, 0.1) is 17.7 Å². The van der Waals surface area contributed by atoms with Crippen molar-refractivity contribution in [3.8, 4) is 11.5 Å². The van der Waals surface area contributed by atoms with E-state index in [2.05, 4.69) is 10.0 Å². The number of carbonyl (C=O) groups is 1. The first-order chi connectivity index (χ1) is 14.9. The van der Waals surface area contributed by atoms with Gasteiger partial charge in [-0.05, 0) is 66.9 Å². The molecule has 0 aliphatic carbocycles. The third-order valence-corrected chi connectivity index (χ3v) is 6.42. The van der Waals surface area contributed by atoms with Gasteiger partial charge in [-0.1, -0.05) is 12.1 Å². The van der Waals surface area contributed by atoms with Crippen LogP contribution >= 0.6 is 11.8 Å². The Kier molecular flexibility index (Phi) is 7.43. The summed E-state index contributed by atoms with van der Waals surface area (Å²) < 4.78 is 38.1. The van der Waals surface area contributed by atoms with Crippen LogP contribution in [0.4, 0.5) is 11.4 Å². The predicted molar refractivity (Wildman–Crippen MR) is 123 cm³/mol. The fourth-order valence-corrected chi connectivity index (χ4v) is 4.28. The van der Waals surface area contributed by atoms with Crippen molar-refractivity contribution in [2.45, 2.75) is 9.79 Å². The summed E-state index contributed by atoms with van der Waals surface area (Å²) in [5.41, 5.74) is 1.14. The van der Waals surface area contributed by atoms with Gasteiger partial charge in [-0.15, -0.1) is 11.8 Å². The Hall–Kier alpha value is -3.17. The van der Waals surface area contributed by atoms with Gasteiger partial charge < -0.3 is 14.8 Å². The lowest BCUT2D eigenvalue weighted by molar-refractivity contribution is -0.118. The van der Waals surface area contributed by atoms with Crippen molar-refractivity contribution in [1.82, 2.24) is 0 Å². The van der Waals surface area contributed by atoms with Gasteiger partial charge in [0, 0.05) is 10.6 Å². The number of hydrogen-bond acceptors (Lipinski definition) is 6. The van der Waals surface area contributed by atoms with Crippen LogP contribution in [0.15, 0.2) is 82.6 Å². The van der Waals surface area contributed by atoms with Crippen LogP contribution in [-0.4, -0.2) is 34.3 Å². The van der Waals surface area contributed by atoms with Crippen molar-refractivity contribution in [2.75, 3.05) is 30.0 Å². The highest BCUT2D eigenvalue weighted by atomic mass is 32.2. The number of benzene rings is 3. The number of methoxy groups -OCH3 is 1. The summed E-state index contributed by atoms with van der Waals surface area (Å²) in [4.78, 5) is 13.2. The van der Waals surface area contributed by atoms with E-state index in [-0.39, 0.29) is 17.4 Å². The van der Waals surface area contributed by atoms with Crippen LogP contribution < -0.4 is 19.5 Å². The van der Waals surface area contributed by atoms with E-state index in [0.29, 0.717) is 17.2 Å². The summed E-state index contributed by atoms with van der Waals surface area (Å²) in [6.45, 7) is -0.196. The lowest BCUT2D eigenvalue weighted by atomic mass is 10.3. The third-order valence-electron chi connectivity index (χ3n) is 4.23. The quantitative estimate of drug-likeness (QED) is 0.466. The van der Waals surface area contributed by atoms with E-state index in [0.717, 1.165) is 10.6 Å². The molecule has 31 heavy (non-hydrogen) atoms. The number of para-hydroxylation sites is 1. The molecule has 0 aromatic heterocycles. The number of carbonyl (C=O) groups excluding carboxylic acids is 1. The van der Waals surface area contributed by atoms with Crippen molar-refractivity contribution in [3.05, 3.63) is 72.8 Å². The molecule has 162 valence electrons. The summed E-state index contributed by atoms with van der Waals surface area (Å²) in [6, 6.07) is 19.9. The maximum atomic E-state index is 12.5. The summed E-state index contributed by atoms with van der Waals surface area (Å²) in [5, 5.41) is 2.80. The molecular formula is C22H22N2O5S2. The second kappa shape index (κ2) is 10.2. The fourth-order valence-electron chi connectivity index (χ4n) is 2.67. The zero-order valence-electron chi connectivity index (χ0n) is 17.0. The molecule has 3 aromatic carbocycles. The number of rotatable bonds is 9. The summed E-state index contributed by atoms with van der Waals surface area (Å²) >= 11 is 1.53. The Bertz CT molecular complexity index is 1130. The molecule has 0 bridgehead atoms. The lowest BCUT2D eigenvalue weighted by Gasteiger charge is -2.11. The highest BCUT2D eigenvalue weighted by Crippen LogP contribution is 2.25. The van der Waals surface area contributed by atoms with Crippen molar-refractivity contribution in [2.24, 2.45) is 0 Å². The molecule has 0 spiro atoms. The highest BCUT2D eigenvalue weighted by molar-refractivity contribution is 7.98. The Morgan fingerprint density at radius 3 is 2.23 bits per heavy atom. The van der Waals surface area contributed by atoms with Gasteiger partial charge >= 0.3 is 0 Å². The molecule has 0 saturated carbocycles. The second-order valence-corrected chi connectivity index (χ2v) is 8.87. The van der Waals surface area contributed by atoms with Gasteiger partial charge in [0.15, 0.2) is 6.61 Å². The Morgan fingerprint density at radius 2 is 1.58 bits per heavy atom. The number of ether oxygens (including phenoxy) is 2. The van der Waals surface area contributed by atoms with Crippen LogP contribution in [0.5, 0.6) is 11.5 Å². The van der Waals surface area contributed by atoms with E-state index in [1.54, 1.807) is 24.3 Å². The summed E-state index contributed by atoms with van der Waals surface area (Å²) in [5.74, 6) is 0.710. The molecule has 0 aliphatic rings. The largest absolute Gasteiger partial charge is 0.497 e. The summed E-state index contributed by atoms with van der Waals surface area (Å²) in [6.07, 6.45) is 1.93. The highest BCUT2D eigenvalue weighted by Gasteiger charge is 2.15. The minimum Gasteiger partial charge on any atom is -0.497 e. The molecule has 9 heteroatoms. The molecule has 1 amide bonds. The van der Waals surface area contributed by atoms with Crippen molar-refractivity contribution >= 4 is 39.1 Å². The van der Waals surface area contributed by atoms with E-state index >= 15 is 0 Å². The maximum Gasteiger partial charge on any atom is 0.262 e. The van der Waals surface area contributed by atoms with Crippen LogP contribution in [0.2, 0.25) is 0 Å². The predicted octanol–water partition coefficient (Wildman–Crippen LogP) is 4.24. The Labute approximate surface area is 185 Å². The average Bonchev–Trinajstić information content (AvgIpc) is 2.78. The molecular weight excluding hydrogens is 436 g/mol. The van der Waals surface area contributed by atoms with Crippen LogP contribution in [0.3, 0.4) is 0 Å². The Morgan fingerprint density at radius 1 is 0.935 bits per heavy atom. The number of nitrogens with one attached hydrogen (secondary N) is 2. The van der Waals surface area contributed by atoms with Crippen molar-refractivity contribution in [3.63, 3.8) is 0 Å². The average molecular weight is 459 g/mol. The van der Waals surface area contributed by atoms with Gasteiger partial charge in [0.25, 0.3) is 15.9 Å². The van der Waals surface area contributed by atoms with Gasteiger partial charge in [0.2, 0.25) is 0 Å². The number of sulfonamides is 1. The van der Waals surface area contributed by atoms with E-state index in [4.69, 9.17) is 9.47 Å². The zero-order chi connectivity index (χ0) is 22.3. The number of amides is 1. The van der Waals surface area contributed by atoms with Gasteiger partial charge in [-0.25, -0.2) is 8.42 Å². The van der Waals surface area contributed by atoms with Crippen LogP contribution in [-0.2, 0) is 14.8 Å². The monoisotopic (exact) mass is 458 g/mol. The van der Waals surface area contributed by atoms with Gasteiger partial charge in [-0.3, -0.25) is 9.52 Å². The number of anilines is 2. The maximum absolute atomic E-state index is 12.5. The topological polar surface area (TPSA) is 93.7 Å². The second-order valence-electron chi connectivity index (χ2n) is 6.34. The van der Waals surface area contributed by atoms with Crippen molar-refractivity contribution in [1.29, 1.82) is 0 Å². The SMILES string of the molecule is COc1ccc(NS(=O)(=O)c2ccc(OCC(=O)Nc3ccccc3SC)cc2)cc1. The molecule has 0 radical (unpaired) electrons. The van der Waals surface area contributed by atoms with Gasteiger partial charge in [-0.2, -0.15) is 0 Å². The first-order valence-corrected chi connectivity index (χ1v) is 11.9. The van der Waals surface area contributed by atoms with E-state index in [1.807, 2.05) is 30.5 Å². The van der Waals surface area contributed by atoms with Crippen LogP contribution in [0, 0.1) is 0 Å². The van der Waals surface area contributed by atoms with Crippen LogP contribution in [0.1, 0.15) is 0 Å². The smallest absolute Gasteiger partial charge is 0.262 e. The lowest BCUT2D eigenvalue weighted by Crippen LogP contribution is -2.20. The Balaban J connectivity index is 1.58. The summed E-state index contributed by atoms with van der Waals surface area (Å²) in [7, 11) is -2.22. The minimum absolute atomic E-state index is 0.0778. The molecule has 7 nitrogen and oxygen atoms in total. The normalized spacial score (nSPS) is 10.9. The fraction of sp³-hybridized carbons (Fsp3) is 0.136. The molecule has 0 heterocycles. The molecule has 0 atom stereocenters. The van der Waals surface area contributed by atoms with E-state index < -0.39 is 10.0 Å². The first-order valence-electron chi connectivity index (χ1n) is 9.24. The van der Waals surface area contributed by atoms with E-state index in [9.17, 15) is 13.2 Å². The van der Waals surface area contributed by atoms with Crippen molar-refractivity contribution < 1.29 is 22.7 Å². The third kappa shape index (κ3) is 6.16. The molecule has 0 unspecified atom stereocenters. The minimum atomic E-state index is -3.76.